The normalized spacial score (nSPS) is 11.4. The zero-order chi connectivity index (χ0) is 12.2. The Labute approximate surface area is 97.7 Å². The quantitative estimate of drug-likeness (QED) is 0.695. The first-order valence-corrected chi connectivity index (χ1v) is 5.37. The second-order valence-corrected chi connectivity index (χ2v) is 4.20. The van der Waals surface area contributed by atoms with Crippen LogP contribution in [0.3, 0.4) is 0 Å². The van der Waals surface area contributed by atoms with E-state index in [-0.39, 0.29) is 0 Å². The Bertz CT molecular complexity index is 750. The second kappa shape index (κ2) is 3.13. The number of hydrogen-bond donors (Lipinski definition) is 1. The minimum atomic E-state index is -0.896. The van der Waals surface area contributed by atoms with Gasteiger partial charge >= 0.3 is 5.97 Å². The molecule has 0 spiro atoms. The van der Waals surface area contributed by atoms with E-state index in [1.54, 1.807) is 17.7 Å². The molecular formula is C13H12N2O2. The lowest BCUT2D eigenvalue weighted by Crippen LogP contribution is -2.03. The Morgan fingerprint density at radius 3 is 2.53 bits per heavy atom. The minimum Gasteiger partial charge on any atom is -0.477 e. The molecule has 0 aliphatic rings. The van der Waals surface area contributed by atoms with Gasteiger partial charge in [0.25, 0.3) is 0 Å². The third kappa shape index (κ3) is 1.15. The van der Waals surface area contributed by atoms with Crippen molar-refractivity contribution in [1.29, 1.82) is 0 Å². The van der Waals surface area contributed by atoms with Crippen molar-refractivity contribution in [2.24, 2.45) is 14.1 Å². The van der Waals surface area contributed by atoms with Gasteiger partial charge in [0.15, 0.2) is 0 Å². The smallest absolute Gasteiger partial charge is 0.352 e. The third-order valence-corrected chi connectivity index (χ3v) is 3.31. The predicted octanol–water partition coefficient (Wildman–Crippen LogP) is 2.37. The van der Waals surface area contributed by atoms with E-state index in [1.807, 2.05) is 35.9 Å². The summed E-state index contributed by atoms with van der Waals surface area (Å²) in [6, 6.07) is 9.73. The van der Waals surface area contributed by atoms with Crippen LogP contribution in [0.4, 0.5) is 0 Å². The fraction of sp³-hybridized carbons (Fsp3) is 0.154. The second-order valence-electron chi connectivity index (χ2n) is 4.20. The Hall–Kier alpha value is -2.23. The SMILES string of the molecule is Cn1c(C(=O)O)cc2c1c1ccccc1n2C. The summed E-state index contributed by atoms with van der Waals surface area (Å²) in [6.45, 7) is 0. The molecule has 0 amide bonds. The monoisotopic (exact) mass is 228 g/mol. The molecule has 3 rings (SSSR count). The maximum absolute atomic E-state index is 11.1. The highest BCUT2D eigenvalue weighted by atomic mass is 16.4. The maximum atomic E-state index is 11.1. The Balaban J connectivity index is 2.56. The summed E-state index contributed by atoms with van der Waals surface area (Å²) in [5, 5.41) is 10.2. The number of benzene rings is 1. The molecule has 0 fully saturated rings. The molecule has 0 bridgehead atoms. The molecule has 17 heavy (non-hydrogen) atoms. The van der Waals surface area contributed by atoms with Crippen molar-refractivity contribution in [2.45, 2.75) is 0 Å². The van der Waals surface area contributed by atoms with Crippen LogP contribution in [0.2, 0.25) is 0 Å². The molecule has 3 aromatic rings. The molecule has 86 valence electrons. The Morgan fingerprint density at radius 1 is 1.12 bits per heavy atom. The first-order chi connectivity index (χ1) is 8.11. The Kier molecular flexibility index (Phi) is 1.84. The summed E-state index contributed by atoms with van der Waals surface area (Å²) in [5.74, 6) is -0.896. The molecule has 4 nitrogen and oxygen atoms in total. The molecule has 2 heterocycles. The average molecular weight is 228 g/mol. The van der Waals surface area contributed by atoms with Crippen LogP contribution < -0.4 is 0 Å². The molecule has 0 unspecified atom stereocenters. The third-order valence-electron chi connectivity index (χ3n) is 3.31. The zero-order valence-corrected chi connectivity index (χ0v) is 9.64. The van der Waals surface area contributed by atoms with Crippen molar-refractivity contribution in [3.8, 4) is 0 Å². The predicted molar refractivity (Wildman–Crippen MR) is 66.4 cm³/mol. The summed E-state index contributed by atoms with van der Waals surface area (Å²) in [7, 11) is 3.74. The number of carboxylic acids is 1. The van der Waals surface area contributed by atoms with Crippen LogP contribution >= 0.6 is 0 Å². The molecule has 0 saturated carbocycles. The summed E-state index contributed by atoms with van der Waals surface area (Å²) in [5.41, 5.74) is 3.35. The van der Waals surface area contributed by atoms with Crippen molar-refractivity contribution in [1.82, 2.24) is 9.13 Å². The summed E-state index contributed by atoms with van der Waals surface area (Å²) in [4.78, 5) is 11.1. The lowest BCUT2D eigenvalue weighted by Gasteiger charge is -1.99. The topological polar surface area (TPSA) is 47.2 Å². The number of aryl methyl sites for hydroxylation is 2. The molecule has 0 saturated heterocycles. The largest absolute Gasteiger partial charge is 0.477 e. The van der Waals surface area contributed by atoms with E-state index in [1.165, 1.54) is 0 Å². The van der Waals surface area contributed by atoms with Gasteiger partial charge in [-0.25, -0.2) is 4.79 Å². The highest BCUT2D eigenvalue weighted by Gasteiger charge is 2.17. The molecule has 0 aliphatic carbocycles. The van der Waals surface area contributed by atoms with Crippen LogP contribution in [-0.2, 0) is 14.1 Å². The van der Waals surface area contributed by atoms with E-state index in [0.717, 1.165) is 21.9 Å². The summed E-state index contributed by atoms with van der Waals surface area (Å²) in [6.07, 6.45) is 0. The summed E-state index contributed by atoms with van der Waals surface area (Å²) >= 11 is 0. The van der Waals surface area contributed by atoms with Crippen LogP contribution in [-0.4, -0.2) is 20.2 Å². The van der Waals surface area contributed by atoms with Gasteiger partial charge < -0.3 is 14.2 Å². The van der Waals surface area contributed by atoms with Gasteiger partial charge in [-0.1, -0.05) is 18.2 Å². The first kappa shape index (κ1) is 9.96. The average Bonchev–Trinajstić information content (AvgIpc) is 2.78. The van der Waals surface area contributed by atoms with E-state index in [0.29, 0.717) is 5.69 Å². The van der Waals surface area contributed by atoms with E-state index < -0.39 is 5.97 Å². The van der Waals surface area contributed by atoms with Gasteiger partial charge in [0.05, 0.1) is 16.6 Å². The van der Waals surface area contributed by atoms with Crippen molar-refractivity contribution in [2.75, 3.05) is 0 Å². The molecule has 2 aromatic heterocycles. The minimum absolute atomic E-state index is 0.316. The maximum Gasteiger partial charge on any atom is 0.352 e. The van der Waals surface area contributed by atoms with Gasteiger partial charge in [-0.15, -0.1) is 0 Å². The van der Waals surface area contributed by atoms with Crippen LogP contribution in [0.25, 0.3) is 21.9 Å². The van der Waals surface area contributed by atoms with Gasteiger partial charge in [-0.05, 0) is 12.1 Å². The number of aromatic carboxylic acids is 1. The van der Waals surface area contributed by atoms with E-state index >= 15 is 0 Å². The van der Waals surface area contributed by atoms with Gasteiger partial charge in [-0.2, -0.15) is 0 Å². The number of carbonyl (C=O) groups is 1. The van der Waals surface area contributed by atoms with Gasteiger partial charge in [0, 0.05) is 19.5 Å². The zero-order valence-electron chi connectivity index (χ0n) is 9.64. The van der Waals surface area contributed by atoms with Crippen molar-refractivity contribution < 1.29 is 9.90 Å². The summed E-state index contributed by atoms with van der Waals surface area (Å²) < 4.78 is 3.76. The lowest BCUT2D eigenvalue weighted by atomic mass is 10.2. The van der Waals surface area contributed by atoms with Crippen molar-refractivity contribution in [3.63, 3.8) is 0 Å². The number of nitrogens with zero attached hydrogens (tertiary/aromatic N) is 2. The van der Waals surface area contributed by atoms with Crippen molar-refractivity contribution >= 4 is 27.9 Å². The van der Waals surface area contributed by atoms with Gasteiger partial charge in [0.2, 0.25) is 0 Å². The first-order valence-electron chi connectivity index (χ1n) is 5.37. The molecule has 1 aromatic carbocycles. The number of para-hydroxylation sites is 1. The van der Waals surface area contributed by atoms with Crippen LogP contribution in [0.15, 0.2) is 30.3 Å². The lowest BCUT2D eigenvalue weighted by molar-refractivity contribution is 0.0687. The van der Waals surface area contributed by atoms with Gasteiger partial charge in [-0.3, -0.25) is 0 Å². The molecule has 0 radical (unpaired) electrons. The number of hydrogen-bond acceptors (Lipinski definition) is 1. The molecule has 1 N–H and O–H groups in total. The standard InChI is InChI=1S/C13H12N2O2/c1-14-9-6-4-3-5-8(9)12-10(14)7-11(13(16)17)15(12)2/h3-7H,1-2H3,(H,16,17). The Morgan fingerprint density at radius 2 is 1.82 bits per heavy atom. The van der Waals surface area contributed by atoms with Gasteiger partial charge in [0.1, 0.15) is 5.69 Å². The molecule has 0 atom stereocenters. The number of aromatic nitrogens is 2. The number of rotatable bonds is 1. The number of carboxylic acid groups (broad SMARTS) is 1. The fourth-order valence-corrected chi connectivity index (χ4v) is 2.46. The van der Waals surface area contributed by atoms with E-state index in [9.17, 15) is 4.79 Å². The molecular weight excluding hydrogens is 216 g/mol. The molecule has 0 aliphatic heterocycles. The fourth-order valence-electron chi connectivity index (χ4n) is 2.46. The van der Waals surface area contributed by atoms with Crippen LogP contribution in [0.5, 0.6) is 0 Å². The highest BCUT2D eigenvalue weighted by Crippen LogP contribution is 2.29. The molecule has 4 heteroatoms. The van der Waals surface area contributed by atoms with Crippen molar-refractivity contribution in [3.05, 3.63) is 36.0 Å². The number of fused-ring (bicyclic) bond motifs is 3. The van der Waals surface area contributed by atoms with E-state index in [4.69, 9.17) is 5.11 Å². The highest BCUT2D eigenvalue weighted by molar-refractivity contribution is 6.09. The van der Waals surface area contributed by atoms with E-state index in [2.05, 4.69) is 0 Å². The van der Waals surface area contributed by atoms with Crippen LogP contribution in [0.1, 0.15) is 10.5 Å². The van der Waals surface area contributed by atoms with Crippen LogP contribution in [0, 0.1) is 0 Å².